The van der Waals surface area contributed by atoms with Crippen LogP contribution in [0.25, 0.3) is 0 Å². The van der Waals surface area contributed by atoms with Crippen molar-refractivity contribution in [2.24, 2.45) is 5.41 Å². The lowest BCUT2D eigenvalue weighted by atomic mass is 9.76. The van der Waals surface area contributed by atoms with Crippen LogP contribution < -0.4 is 5.32 Å². The molecule has 1 N–H and O–H groups in total. The fourth-order valence-corrected chi connectivity index (χ4v) is 3.16. The van der Waals surface area contributed by atoms with E-state index in [-0.39, 0.29) is 11.6 Å². The molecular formula is C19H17NO2. The van der Waals surface area contributed by atoms with E-state index < -0.39 is 11.5 Å². The number of benzene rings is 2. The molecule has 0 saturated heterocycles. The Kier molecular flexibility index (Phi) is 3.41. The van der Waals surface area contributed by atoms with Gasteiger partial charge in [0.1, 0.15) is 11.2 Å². The minimum atomic E-state index is -1.25. The normalized spacial score (nSPS) is 23.0. The summed E-state index contributed by atoms with van der Waals surface area (Å²) in [6.45, 7) is 5.23. The van der Waals surface area contributed by atoms with E-state index in [4.69, 9.17) is 0 Å². The lowest BCUT2D eigenvalue weighted by Crippen LogP contribution is -2.39. The van der Waals surface area contributed by atoms with Gasteiger partial charge in [0.2, 0.25) is 0 Å². The van der Waals surface area contributed by atoms with Gasteiger partial charge in [-0.3, -0.25) is 9.59 Å². The standard InChI is InChI=1S/C19H17NO2/c1-3-19(13(2)21)17(20-14-9-5-4-6-10-14)15-11-7-8-12-16(15)18(19)22/h3-12,17,20H,1H2,2H3/t17-,19-/m1/s1. The number of rotatable bonds is 4. The quantitative estimate of drug-likeness (QED) is 0.688. The second-order valence-corrected chi connectivity index (χ2v) is 5.49. The Morgan fingerprint density at radius 3 is 2.41 bits per heavy atom. The van der Waals surface area contributed by atoms with E-state index in [1.807, 2.05) is 48.5 Å². The van der Waals surface area contributed by atoms with E-state index >= 15 is 0 Å². The van der Waals surface area contributed by atoms with Crippen molar-refractivity contribution in [3.63, 3.8) is 0 Å². The fraction of sp³-hybridized carbons (Fsp3) is 0.158. The van der Waals surface area contributed by atoms with Gasteiger partial charge in [0.15, 0.2) is 5.78 Å². The van der Waals surface area contributed by atoms with E-state index in [1.54, 1.807) is 6.07 Å². The zero-order valence-corrected chi connectivity index (χ0v) is 12.4. The minimum Gasteiger partial charge on any atom is -0.376 e. The molecule has 1 aliphatic carbocycles. The number of carbonyl (C=O) groups excluding carboxylic acids is 2. The van der Waals surface area contributed by atoms with Crippen LogP contribution in [0.3, 0.4) is 0 Å². The van der Waals surface area contributed by atoms with Crippen molar-refractivity contribution in [3.8, 4) is 0 Å². The van der Waals surface area contributed by atoms with E-state index in [2.05, 4.69) is 11.9 Å². The topological polar surface area (TPSA) is 46.2 Å². The van der Waals surface area contributed by atoms with Crippen LogP contribution in [0.1, 0.15) is 28.9 Å². The van der Waals surface area contributed by atoms with Crippen LogP contribution >= 0.6 is 0 Å². The molecule has 0 heterocycles. The van der Waals surface area contributed by atoms with Crippen molar-refractivity contribution in [2.45, 2.75) is 13.0 Å². The van der Waals surface area contributed by atoms with Gasteiger partial charge in [-0.1, -0.05) is 48.5 Å². The third kappa shape index (κ3) is 1.90. The Bertz CT molecular complexity index is 751. The summed E-state index contributed by atoms with van der Waals surface area (Å²) in [6.07, 6.45) is 1.48. The number of fused-ring (bicyclic) bond motifs is 1. The average Bonchev–Trinajstić information content (AvgIpc) is 2.78. The summed E-state index contributed by atoms with van der Waals surface area (Å²) in [5, 5.41) is 3.34. The molecule has 0 aliphatic heterocycles. The van der Waals surface area contributed by atoms with Crippen molar-refractivity contribution < 1.29 is 9.59 Å². The predicted molar refractivity (Wildman–Crippen MR) is 86.9 cm³/mol. The summed E-state index contributed by atoms with van der Waals surface area (Å²) < 4.78 is 0. The van der Waals surface area contributed by atoms with Crippen LogP contribution in [0.15, 0.2) is 67.3 Å². The number of carbonyl (C=O) groups is 2. The molecule has 22 heavy (non-hydrogen) atoms. The number of Topliss-reactive ketones (excluding diaryl/α,β-unsaturated/α-hetero) is 2. The number of para-hydroxylation sites is 1. The van der Waals surface area contributed by atoms with Crippen LogP contribution in [0.2, 0.25) is 0 Å². The van der Waals surface area contributed by atoms with Gasteiger partial charge in [-0.2, -0.15) is 0 Å². The van der Waals surface area contributed by atoms with Gasteiger partial charge in [-0.15, -0.1) is 6.58 Å². The van der Waals surface area contributed by atoms with Crippen LogP contribution in [-0.4, -0.2) is 11.6 Å². The summed E-state index contributed by atoms with van der Waals surface area (Å²) in [5.74, 6) is -0.379. The highest BCUT2D eigenvalue weighted by Crippen LogP contribution is 2.48. The van der Waals surface area contributed by atoms with Gasteiger partial charge in [-0.05, 0) is 24.6 Å². The number of ketones is 2. The first-order valence-corrected chi connectivity index (χ1v) is 7.21. The third-order valence-corrected chi connectivity index (χ3v) is 4.34. The lowest BCUT2D eigenvalue weighted by Gasteiger charge is -2.30. The monoisotopic (exact) mass is 291 g/mol. The number of hydrogen-bond donors (Lipinski definition) is 1. The Balaban J connectivity index is 2.16. The molecular weight excluding hydrogens is 274 g/mol. The lowest BCUT2D eigenvalue weighted by molar-refractivity contribution is -0.122. The molecule has 3 rings (SSSR count). The molecule has 2 aromatic rings. The van der Waals surface area contributed by atoms with Gasteiger partial charge in [-0.25, -0.2) is 0 Å². The predicted octanol–water partition coefficient (Wildman–Crippen LogP) is 3.80. The highest BCUT2D eigenvalue weighted by molar-refractivity contribution is 6.20. The van der Waals surface area contributed by atoms with Crippen molar-refractivity contribution in [1.82, 2.24) is 0 Å². The SMILES string of the molecule is C=C[C@]1(C(C)=O)C(=O)c2ccccc2[C@H]1Nc1ccccc1. The molecule has 0 amide bonds. The second kappa shape index (κ2) is 5.26. The molecule has 2 aromatic carbocycles. The van der Waals surface area contributed by atoms with E-state index in [0.29, 0.717) is 5.56 Å². The summed E-state index contributed by atoms with van der Waals surface area (Å²) >= 11 is 0. The van der Waals surface area contributed by atoms with Crippen LogP contribution in [0.4, 0.5) is 5.69 Å². The second-order valence-electron chi connectivity index (χ2n) is 5.49. The summed E-state index contributed by atoms with van der Waals surface area (Å²) in [4.78, 5) is 25.2. The molecule has 0 unspecified atom stereocenters. The summed E-state index contributed by atoms with van der Waals surface area (Å²) in [5.41, 5.74) is 1.04. The Morgan fingerprint density at radius 2 is 1.77 bits per heavy atom. The molecule has 1 aliphatic rings. The van der Waals surface area contributed by atoms with Crippen molar-refractivity contribution >= 4 is 17.3 Å². The largest absolute Gasteiger partial charge is 0.376 e. The van der Waals surface area contributed by atoms with E-state index in [1.165, 1.54) is 13.0 Å². The summed E-state index contributed by atoms with van der Waals surface area (Å²) in [7, 11) is 0. The van der Waals surface area contributed by atoms with Crippen LogP contribution in [-0.2, 0) is 4.79 Å². The first-order valence-electron chi connectivity index (χ1n) is 7.21. The molecule has 3 nitrogen and oxygen atoms in total. The van der Waals surface area contributed by atoms with E-state index in [0.717, 1.165) is 11.3 Å². The average molecular weight is 291 g/mol. The molecule has 0 saturated carbocycles. The van der Waals surface area contributed by atoms with E-state index in [9.17, 15) is 9.59 Å². The van der Waals surface area contributed by atoms with Crippen molar-refractivity contribution in [3.05, 3.63) is 78.4 Å². The Labute approximate surface area is 129 Å². The minimum absolute atomic E-state index is 0.181. The van der Waals surface area contributed by atoms with Crippen molar-refractivity contribution in [1.29, 1.82) is 0 Å². The number of nitrogens with one attached hydrogen (secondary N) is 1. The maximum Gasteiger partial charge on any atom is 0.182 e. The first kappa shape index (κ1) is 14.3. The zero-order valence-electron chi connectivity index (χ0n) is 12.4. The molecule has 3 heteroatoms. The first-order chi connectivity index (χ1) is 10.6. The maximum absolute atomic E-state index is 12.9. The molecule has 110 valence electrons. The molecule has 0 bridgehead atoms. The van der Waals surface area contributed by atoms with Gasteiger partial charge >= 0.3 is 0 Å². The molecule has 0 fully saturated rings. The number of anilines is 1. The third-order valence-electron chi connectivity index (χ3n) is 4.34. The van der Waals surface area contributed by atoms with Crippen LogP contribution in [0.5, 0.6) is 0 Å². The highest BCUT2D eigenvalue weighted by Gasteiger charge is 2.54. The highest BCUT2D eigenvalue weighted by atomic mass is 16.2. The Morgan fingerprint density at radius 1 is 1.14 bits per heavy atom. The van der Waals surface area contributed by atoms with Gasteiger partial charge < -0.3 is 5.32 Å². The van der Waals surface area contributed by atoms with Gasteiger partial charge in [0.25, 0.3) is 0 Å². The molecule has 0 aromatic heterocycles. The van der Waals surface area contributed by atoms with Gasteiger partial charge in [0.05, 0.1) is 6.04 Å². The molecule has 2 atom stereocenters. The Hall–Kier alpha value is -2.68. The van der Waals surface area contributed by atoms with Crippen LogP contribution in [0, 0.1) is 5.41 Å². The molecule has 0 spiro atoms. The summed E-state index contributed by atoms with van der Waals surface area (Å²) in [6, 6.07) is 16.5. The van der Waals surface area contributed by atoms with Crippen molar-refractivity contribution in [2.75, 3.05) is 5.32 Å². The molecule has 0 radical (unpaired) electrons. The van der Waals surface area contributed by atoms with Gasteiger partial charge in [0, 0.05) is 11.3 Å². The zero-order chi connectivity index (χ0) is 15.7. The maximum atomic E-state index is 12.9. The number of hydrogen-bond acceptors (Lipinski definition) is 3. The fourth-order valence-electron chi connectivity index (χ4n) is 3.16. The smallest absolute Gasteiger partial charge is 0.182 e.